The van der Waals surface area contributed by atoms with Gasteiger partial charge in [-0.3, -0.25) is 9.59 Å². The lowest BCUT2D eigenvalue weighted by Gasteiger charge is -2.30. The van der Waals surface area contributed by atoms with Crippen molar-refractivity contribution in [3.8, 4) is 0 Å². The molecule has 1 N–H and O–H groups in total. The molecule has 2 amide bonds. The van der Waals surface area contributed by atoms with Crippen LogP contribution < -0.4 is 5.32 Å². The number of carbonyl (C=O) groups is 2. The van der Waals surface area contributed by atoms with Gasteiger partial charge in [0.15, 0.2) is 5.76 Å². The molecule has 1 unspecified atom stereocenters. The Balaban J connectivity index is 1.65. The van der Waals surface area contributed by atoms with E-state index in [2.05, 4.69) is 5.32 Å². The Hall–Kier alpha value is -2.12. The van der Waals surface area contributed by atoms with E-state index < -0.39 is 0 Å². The zero-order valence-electron chi connectivity index (χ0n) is 12.1. The Morgan fingerprint density at radius 3 is 2.95 bits per heavy atom. The Bertz CT molecular complexity index is 665. The number of nitrogens with one attached hydrogen (secondary N) is 1. The van der Waals surface area contributed by atoms with Gasteiger partial charge in [0.1, 0.15) is 0 Å². The molecule has 0 saturated carbocycles. The fourth-order valence-electron chi connectivity index (χ4n) is 2.26. The molecule has 0 aromatic carbocycles. The van der Waals surface area contributed by atoms with Crippen molar-refractivity contribution in [1.29, 1.82) is 0 Å². The number of anilines is 1. The Morgan fingerprint density at radius 2 is 2.23 bits per heavy atom. The second kappa shape index (κ2) is 6.33. The van der Waals surface area contributed by atoms with Crippen LogP contribution in [-0.2, 0) is 4.74 Å². The number of rotatable bonds is 3. The summed E-state index contributed by atoms with van der Waals surface area (Å²) >= 11 is 1.26. The minimum Gasteiger partial charge on any atom is -0.459 e. The smallest absolute Gasteiger partial charge is 0.291 e. The summed E-state index contributed by atoms with van der Waals surface area (Å²) in [6.45, 7) is 3.68. The van der Waals surface area contributed by atoms with Gasteiger partial charge in [0, 0.05) is 13.1 Å². The molecule has 2 aromatic rings. The predicted molar refractivity (Wildman–Crippen MR) is 82.3 cm³/mol. The Labute approximate surface area is 131 Å². The van der Waals surface area contributed by atoms with E-state index in [1.54, 1.807) is 29.2 Å². The van der Waals surface area contributed by atoms with Gasteiger partial charge in [-0.25, -0.2) is 0 Å². The quantitative estimate of drug-likeness (QED) is 0.943. The van der Waals surface area contributed by atoms with Crippen LogP contribution in [0.1, 0.15) is 27.2 Å². The van der Waals surface area contributed by atoms with Gasteiger partial charge in [0.2, 0.25) is 0 Å². The van der Waals surface area contributed by atoms with E-state index in [0.717, 1.165) is 0 Å². The molecular formula is C15H16N2O4S. The van der Waals surface area contributed by atoms with Crippen molar-refractivity contribution in [3.63, 3.8) is 0 Å². The number of hydrogen-bond acceptors (Lipinski definition) is 5. The summed E-state index contributed by atoms with van der Waals surface area (Å²) in [5.41, 5.74) is 0. The molecule has 0 radical (unpaired) electrons. The van der Waals surface area contributed by atoms with Gasteiger partial charge in [0.05, 0.1) is 28.9 Å². The number of nitrogens with zero attached hydrogens (tertiary/aromatic N) is 1. The maximum atomic E-state index is 12.4. The molecule has 0 bridgehead atoms. The normalized spacial score (nSPS) is 18.2. The van der Waals surface area contributed by atoms with E-state index in [9.17, 15) is 9.59 Å². The first kappa shape index (κ1) is 14.8. The third-order valence-corrected chi connectivity index (χ3v) is 4.32. The highest BCUT2D eigenvalue weighted by molar-refractivity contribution is 7.18. The van der Waals surface area contributed by atoms with Crippen molar-refractivity contribution in [2.75, 3.05) is 25.0 Å². The molecule has 1 aliphatic rings. The largest absolute Gasteiger partial charge is 0.459 e. The number of hydrogen-bond donors (Lipinski definition) is 1. The van der Waals surface area contributed by atoms with Crippen LogP contribution in [0.3, 0.4) is 0 Å². The molecule has 3 heterocycles. The molecule has 1 aliphatic heterocycles. The standard InChI is InChI=1S/C15H16N2O4S/c1-10-9-17(6-8-20-10)15(19)12-4-5-13(22-12)16-14(18)11-3-2-7-21-11/h2-5,7,10H,6,8-9H2,1H3,(H,16,18). The van der Waals surface area contributed by atoms with E-state index in [0.29, 0.717) is 29.6 Å². The summed E-state index contributed by atoms with van der Waals surface area (Å²) < 4.78 is 10.5. The first-order valence-electron chi connectivity index (χ1n) is 6.99. The van der Waals surface area contributed by atoms with Crippen LogP contribution in [-0.4, -0.2) is 42.5 Å². The molecule has 0 spiro atoms. The lowest BCUT2D eigenvalue weighted by molar-refractivity contribution is -0.0122. The second-order valence-corrected chi connectivity index (χ2v) is 6.11. The van der Waals surface area contributed by atoms with Crippen LogP contribution in [0, 0.1) is 0 Å². The molecule has 116 valence electrons. The summed E-state index contributed by atoms with van der Waals surface area (Å²) in [5.74, 6) is -0.118. The maximum Gasteiger partial charge on any atom is 0.291 e. The van der Waals surface area contributed by atoms with Crippen LogP contribution >= 0.6 is 11.3 Å². The highest BCUT2D eigenvalue weighted by Crippen LogP contribution is 2.24. The SMILES string of the molecule is CC1CN(C(=O)c2ccc(NC(=O)c3ccco3)s2)CCO1. The molecule has 3 rings (SSSR count). The molecule has 6 nitrogen and oxygen atoms in total. The third-order valence-electron chi connectivity index (χ3n) is 3.33. The summed E-state index contributed by atoms with van der Waals surface area (Å²) in [6, 6.07) is 6.69. The number of furan rings is 1. The van der Waals surface area contributed by atoms with E-state index in [-0.39, 0.29) is 23.7 Å². The van der Waals surface area contributed by atoms with Crippen molar-refractivity contribution >= 4 is 28.2 Å². The molecule has 7 heteroatoms. The van der Waals surface area contributed by atoms with Crippen molar-refractivity contribution in [3.05, 3.63) is 41.2 Å². The molecule has 1 saturated heterocycles. The number of amides is 2. The van der Waals surface area contributed by atoms with Crippen LogP contribution in [0.2, 0.25) is 0 Å². The van der Waals surface area contributed by atoms with Gasteiger partial charge in [-0.15, -0.1) is 11.3 Å². The molecule has 22 heavy (non-hydrogen) atoms. The predicted octanol–water partition coefficient (Wildman–Crippen LogP) is 2.45. The minimum absolute atomic E-state index is 0.0290. The molecule has 2 aromatic heterocycles. The topological polar surface area (TPSA) is 71.8 Å². The first-order chi connectivity index (χ1) is 10.6. The van der Waals surface area contributed by atoms with Crippen LogP contribution in [0.5, 0.6) is 0 Å². The van der Waals surface area contributed by atoms with Gasteiger partial charge < -0.3 is 19.4 Å². The van der Waals surface area contributed by atoms with Crippen LogP contribution in [0.25, 0.3) is 0 Å². The fourth-order valence-corrected chi connectivity index (χ4v) is 3.13. The van der Waals surface area contributed by atoms with Crippen molar-refractivity contribution < 1.29 is 18.7 Å². The van der Waals surface area contributed by atoms with Crippen LogP contribution in [0.15, 0.2) is 34.9 Å². The van der Waals surface area contributed by atoms with E-state index in [4.69, 9.17) is 9.15 Å². The minimum atomic E-state index is -0.328. The van der Waals surface area contributed by atoms with Gasteiger partial charge in [-0.1, -0.05) is 0 Å². The average Bonchev–Trinajstić information content (AvgIpc) is 3.18. The molecular weight excluding hydrogens is 304 g/mol. The summed E-state index contributed by atoms with van der Waals surface area (Å²) in [7, 11) is 0. The second-order valence-electron chi connectivity index (χ2n) is 5.03. The average molecular weight is 320 g/mol. The zero-order valence-corrected chi connectivity index (χ0v) is 12.9. The highest BCUT2D eigenvalue weighted by Gasteiger charge is 2.23. The van der Waals surface area contributed by atoms with E-state index >= 15 is 0 Å². The maximum absolute atomic E-state index is 12.4. The lowest BCUT2D eigenvalue weighted by Crippen LogP contribution is -2.44. The third kappa shape index (κ3) is 3.20. The fraction of sp³-hybridized carbons (Fsp3) is 0.333. The summed E-state index contributed by atoms with van der Waals surface area (Å²) in [5, 5.41) is 3.34. The number of morpholine rings is 1. The van der Waals surface area contributed by atoms with E-state index in [1.807, 2.05) is 6.92 Å². The lowest BCUT2D eigenvalue weighted by atomic mass is 10.3. The van der Waals surface area contributed by atoms with Gasteiger partial charge in [-0.05, 0) is 31.2 Å². The van der Waals surface area contributed by atoms with Gasteiger partial charge in [0.25, 0.3) is 11.8 Å². The number of carbonyl (C=O) groups excluding carboxylic acids is 2. The Morgan fingerprint density at radius 1 is 1.36 bits per heavy atom. The zero-order chi connectivity index (χ0) is 15.5. The number of thiophene rings is 1. The molecule has 1 atom stereocenters. The summed E-state index contributed by atoms with van der Waals surface area (Å²) in [4.78, 5) is 26.7. The summed E-state index contributed by atoms with van der Waals surface area (Å²) in [6.07, 6.45) is 1.49. The van der Waals surface area contributed by atoms with E-state index in [1.165, 1.54) is 17.6 Å². The monoisotopic (exact) mass is 320 g/mol. The molecule has 1 fully saturated rings. The first-order valence-corrected chi connectivity index (χ1v) is 7.80. The van der Waals surface area contributed by atoms with Gasteiger partial charge in [-0.2, -0.15) is 0 Å². The Kier molecular flexibility index (Phi) is 4.26. The number of ether oxygens (including phenoxy) is 1. The van der Waals surface area contributed by atoms with Crippen molar-refractivity contribution in [2.24, 2.45) is 0 Å². The van der Waals surface area contributed by atoms with Crippen LogP contribution in [0.4, 0.5) is 5.00 Å². The molecule has 0 aliphatic carbocycles. The highest BCUT2D eigenvalue weighted by atomic mass is 32.1. The van der Waals surface area contributed by atoms with Crippen molar-refractivity contribution in [1.82, 2.24) is 4.90 Å². The van der Waals surface area contributed by atoms with Gasteiger partial charge >= 0.3 is 0 Å². The van der Waals surface area contributed by atoms with Crippen molar-refractivity contribution in [2.45, 2.75) is 13.0 Å².